The van der Waals surface area contributed by atoms with Crippen molar-refractivity contribution in [3.8, 4) is 0 Å². The topological polar surface area (TPSA) is 78.1 Å². The number of hydrogen-bond donors (Lipinski definition) is 2. The van der Waals surface area contributed by atoms with Gasteiger partial charge < -0.3 is 15.2 Å². The number of benzene rings is 1. The molecule has 2 N–H and O–H groups in total. The maximum absolute atomic E-state index is 12.3. The van der Waals surface area contributed by atoms with Crippen LogP contribution in [0.3, 0.4) is 0 Å². The molecule has 4 rings (SSSR count). The Morgan fingerprint density at radius 1 is 1.26 bits per heavy atom. The molecule has 27 heavy (non-hydrogen) atoms. The summed E-state index contributed by atoms with van der Waals surface area (Å²) in [6.07, 6.45) is 6.04. The summed E-state index contributed by atoms with van der Waals surface area (Å²) in [5, 5.41) is 2.81. The van der Waals surface area contributed by atoms with E-state index in [-0.39, 0.29) is 17.0 Å². The first-order valence-electron chi connectivity index (χ1n) is 9.81. The van der Waals surface area contributed by atoms with Gasteiger partial charge in [-0.2, -0.15) is 0 Å². The summed E-state index contributed by atoms with van der Waals surface area (Å²) in [4.78, 5) is 33.8. The summed E-state index contributed by atoms with van der Waals surface area (Å²) in [7, 11) is 0. The molecule has 1 saturated carbocycles. The molecular weight excluding hydrogens is 340 g/mol. The number of hydrogen-bond acceptors (Lipinski definition) is 4. The second kappa shape index (κ2) is 7.55. The summed E-state index contributed by atoms with van der Waals surface area (Å²) in [5.41, 5.74) is 1.95. The predicted octanol–water partition coefficient (Wildman–Crippen LogP) is 2.81. The molecule has 0 bridgehead atoms. The Morgan fingerprint density at radius 2 is 2.04 bits per heavy atom. The van der Waals surface area contributed by atoms with Gasteiger partial charge in [0.2, 0.25) is 0 Å². The molecule has 1 aliphatic heterocycles. The quantitative estimate of drug-likeness (QED) is 0.853. The summed E-state index contributed by atoms with van der Waals surface area (Å²) in [6.45, 7) is 4.89. The van der Waals surface area contributed by atoms with Crippen molar-refractivity contribution < 1.29 is 4.79 Å². The summed E-state index contributed by atoms with van der Waals surface area (Å²) in [5.74, 6) is 1.39. The average Bonchev–Trinajstić information content (AvgIpc) is 3.52. The van der Waals surface area contributed by atoms with E-state index in [2.05, 4.69) is 39.2 Å². The Labute approximate surface area is 159 Å². The minimum Gasteiger partial charge on any atom is -0.371 e. The van der Waals surface area contributed by atoms with Crippen LogP contribution in [0.25, 0.3) is 0 Å². The van der Waals surface area contributed by atoms with Crippen molar-refractivity contribution in [1.29, 1.82) is 0 Å². The van der Waals surface area contributed by atoms with E-state index in [1.54, 1.807) is 0 Å². The Bertz CT molecular complexity index is 870. The average molecular weight is 366 g/mol. The first-order chi connectivity index (χ1) is 13.1. The minimum absolute atomic E-state index is 0.0679. The Morgan fingerprint density at radius 3 is 2.70 bits per heavy atom. The number of anilines is 1. The smallest absolute Gasteiger partial charge is 0.263 e. The van der Waals surface area contributed by atoms with E-state index < -0.39 is 0 Å². The predicted molar refractivity (Wildman–Crippen MR) is 105 cm³/mol. The van der Waals surface area contributed by atoms with Gasteiger partial charge in [0.1, 0.15) is 11.4 Å². The zero-order valence-corrected chi connectivity index (χ0v) is 15.7. The van der Waals surface area contributed by atoms with Crippen LogP contribution in [0.1, 0.15) is 60.3 Å². The number of piperidine rings is 1. The van der Waals surface area contributed by atoms with Gasteiger partial charge >= 0.3 is 0 Å². The van der Waals surface area contributed by atoms with Crippen molar-refractivity contribution in [2.24, 2.45) is 5.92 Å². The van der Waals surface area contributed by atoms with Crippen LogP contribution in [0.5, 0.6) is 0 Å². The molecule has 0 radical (unpaired) electrons. The highest BCUT2D eigenvalue weighted by Gasteiger charge is 2.26. The van der Waals surface area contributed by atoms with Gasteiger partial charge in [-0.15, -0.1) is 0 Å². The molecule has 1 amide bonds. The van der Waals surface area contributed by atoms with Crippen LogP contribution in [0, 0.1) is 5.92 Å². The number of rotatable bonds is 5. The maximum Gasteiger partial charge on any atom is 0.263 e. The Balaban J connectivity index is 1.35. The highest BCUT2D eigenvalue weighted by molar-refractivity contribution is 5.93. The highest BCUT2D eigenvalue weighted by Crippen LogP contribution is 2.37. The number of nitrogens with zero attached hydrogens (tertiary/aromatic N) is 2. The normalized spacial score (nSPS) is 19.7. The van der Waals surface area contributed by atoms with Crippen molar-refractivity contribution in [2.45, 2.75) is 45.1 Å². The third kappa shape index (κ3) is 4.21. The molecule has 2 aliphatic rings. The van der Waals surface area contributed by atoms with Gasteiger partial charge in [0.25, 0.3) is 11.5 Å². The molecule has 6 nitrogen and oxygen atoms in total. The molecule has 2 heterocycles. The van der Waals surface area contributed by atoms with Crippen LogP contribution in [0.4, 0.5) is 5.69 Å². The second-order valence-corrected chi connectivity index (χ2v) is 7.83. The number of H-pyrrole nitrogens is 1. The van der Waals surface area contributed by atoms with E-state index in [1.165, 1.54) is 24.7 Å². The lowest BCUT2D eigenvalue weighted by atomic mass is 9.99. The molecule has 2 fully saturated rings. The molecule has 1 aromatic carbocycles. The molecule has 2 aromatic rings. The summed E-state index contributed by atoms with van der Waals surface area (Å²) in [6, 6.07) is 8.29. The van der Waals surface area contributed by atoms with Gasteiger partial charge in [0.05, 0.1) is 0 Å². The van der Waals surface area contributed by atoms with Crippen LogP contribution in [0.15, 0.2) is 35.3 Å². The highest BCUT2D eigenvalue weighted by atomic mass is 16.2. The van der Waals surface area contributed by atoms with Gasteiger partial charge in [-0.3, -0.25) is 9.59 Å². The SMILES string of the molecule is C[C@@H]1CCCN(c2ccc(CNC(=O)c3cnc(C4CC4)[nH]c3=O)cc2)C1. The molecule has 142 valence electrons. The Hall–Kier alpha value is -2.63. The van der Waals surface area contributed by atoms with Crippen LogP contribution >= 0.6 is 0 Å². The number of aromatic amines is 1. The van der Waals surface area contributed by atoms with Crippen LogP contribution in [0.2, 0.25) is 0 Å². The largest absolute Gasteiger partial charge is 0.371 e. The van der Waals surface area contributed by atoms with Crippen molar-refractivity contribution >= 4 is 11.6 Å². The van der Waals surface area contributed by atoms with Crippen LogP contribution in [-0.4, -0.2) is 29.0 Å². The lowest BCUT2D eigenvalue weighted by Gasteiger charge is -2.32. The second-order valence-electron chi connectivity index (χ2n) is 7.83. The minimum atomic E-state index is -0.389. The number of carbonyl (C=O) groups is 1. The van der Waals surface area contributed by atoms with E-state index in [0.29, 0.717) is 18.3 Å². The first kappa shape index (κ1) is 17.8. The standard InChI is InChI=1S/C21H26N4O2/c1-14-3-2-10-25(13-14)17-8-4-15(5-9-17)11-23-20(26)18-12-22-19(16-6-7-16)24-21(18)27/h4-5,8-9,12,14,16H,2-3,6-7,10-11,13H2,1H3,(H,23,26)(H,22,24,27)/t14-/m1/s1. The zero-order valence-electron chi connectivity index (χ0n) is 15.7. The van der Waals surface area contributed by atoms with E-state index in [0.717, 1.165) is 37.4 Å². The number of nitrogens with one attached hydrogen (secondary N) is 2. The fourth-order valence-electron chi connectivity index (χ4n) is 3.66. The summed E-state index contributed by atoms with van der Waals surface area (Å²) >= 11 is 0. The molecule has 1 saturated heterocycles. The third-order valence-electron chi connectivity index (χ3n) is 5.44. The van der Waals surface area contributed by atoms with Crippen molar-refractivity contribution in [1.82, 2.24) is 15.3 Å². The van der Waals surface area contributed by atoms with Gasteiger partial charge in [0.15, 0.2) is 0 Å². The van der Waals surface area contributed by atoms with Crippen molar-refractivity contribution in [2.75, 3.05) is 18.0 Å². The van der Waals surface area contributed by atoms with Gasteiger partial charge in [0, 0.05) is 37.4 Å². The lowest BCUT2D eigenvalue weighted by molar-refractivity contribution is 0.0949. The van der Waals surface area contributed by atoms with E-state index in [1.807, 2.05) is 12.1 Å². The van der Waals surface area contributed by atoms with Gasteiger partial charge in [-0.1, -0.05) is 19.1 Å². The van der Waals surface area contributed by atoms with E-state index >= 15 is 0 Å². The van der Waals surface area contributed by atoms with Crippen LogP contribution < -0.4 is 15.8 Å². The van der Waals surface area contributed by atoms with Gasteiger partial charge in [-0.25, -0.2) is 4.98 Å². The number of amides is 1. The van der Waals surface area contributed by atoms with E-state index in [4.69, 9.17) is 0 Å². The number of aromatic nitrogens is 2. The fourth-order valence-corrected chi connectivity index (χ4v) is 3.66. The molecule has 1 aromatic heterocycles. The van der Waals surface area contributed by atoms with Crippen LogP contribution in [-0.2, 0) is 6.54 Å². The molecule has 0 unspecified atom stereocenters. The number of carbonyl (C=O) groups excluding carboxylic acids is 1. The third-order valence-corrected chi connectivity index (χ3v) is 5.44. The van der Waals surface area contributed by atoms with Crippen molar-refractivity contribution in [3.63, 3.8) is 0 Å². The molecular formula is C21H26N4O2. The van der Waals surface area contributed by atoms with Gasteiger partial charge in [-0.05, 0) is 49.3 Å². The van der Waals surface area contributed by atoms with Crippen molar-refractivity contribution in [3.05, 3.63) is 57.8 Å². The Kier molecular flexibility index (Phi) is 4.97. The molecule has 0 spiro atoms. The molecule has 6 heteroatoms. The fraction of sp³-hybridized carbons (Fsp3) is 0.476. The maximum atomic E-state index is 12.3. The van der Waals surface area contributed by atoms with E-state index in [9.17, 15) is 9.59 Å². The summed E-state index contributed by atoms with van der Waals surface area (Å²) < 4.78 is 0. The zero-order chi connectivity index (χ0) is 18.8. The first-order valence-corrected chi connectivity index (χ1v) is 9.81. The lowest BCUT2D eigenvalue weighted by Crippen LogP contribution is -2.34. The monoisotopic (exact) mass is 366 g/mol. The molecule has 1 atom stereocenters. The molecule has 1 aliphatic carbocycles.